The average Bonchev–Trinajstić information content (AvgIpc) is 2.90. The van der Waals surface area contributed by atoms with E-state index in [0.29, 0.717) is 12.0 Å². The third kappa shape index (κ3) is 2.21. The van der Waals surface area contributed by atoms with Crippen molar-refractivity contribution in [2.45, 2.75) is 32.7 Å². The van der Waals surface area contributed by atoms with Crippen molar-refractivity contribution in [1.82, 2.24) is 9.78 Å². The Bertz CT molecular complexity index is 342. The molecular formula is C12H21N3O. The maximum Gasteiger partial charge on any atom is 0.0758 e. The number of aromatic nitrogens is 2. The van der Waals surface area contributed by atoms with E-state index in [9.17, 15) is 0 Å². The summed E-state index contributed by atoms with van der Waals surface area (Å²) in [5.74, 6) is 0.643. The number of hydrogen-bond acceptors (Lipinski definition) is 3. The molecule has 1 aromatic heterocycles. The molecule has 0 aromatic carbocycles. The maximum absolute atomic E-state index is 5.45. The Balaban J connectivity index is 2.03. The van der Waals surface area contributed by atoms with Gasteiger partial charge in [0, 0.05) is 25.6 Å². The lowest BCUT2D eigenvalue weighted by Crippen LogP contribution is -2.28. The molecule has 4 nitrogen and oxygen atoms in total. The molecule has 90 valence electrons. The van der Waals surface area contributed by atoms with Crippen LogP contribution in [0.15, 0.2) is 6.20 Å². The van der Waals surface area contributed by atoms with Crippen molar-refractivity contribution in [3.8, 4) is 0 Å². The van der Waals surface area contributed by atoms with Crippen molar-refractivity contribution in [2.24, 2.45) is 13.0 Å². The number of aryl methyl sites for hydroxylation is 1. The summed E-state index contributed by atoms with van der Waals surface area (Å²) in [7, 11) is 1.97. The zero-order valence-electron chi connectivity index (χ0n) is 10.4. The Kier molecular flexibility index (Phi) is 3.49. The van der Waals surface area contributed by atoms with Crippen LogP contribution in [0.25, 0.3) is 0 Å². The fourth-order valence-corrected chi connectivity index (χ4v) is 2.26. The fourth-order valence-electron chi connectivity index (χ4n) is 2.26. The quantitative estimate of drug-likeness (QED) is 0.848. The molecule has 0 amide bonds. The molecule has 0 radical (unpaired) electrons. The van der Waals surface area contributed by atoms with E-state index in [4.69, 9.17) is 4.74 Å². The van der Waals surface area contributed by atoms with Crippen molar-refractivity contribution in [1.29, 1.82) is 0 Å². The summed E-state index contributed by atoms with van der Waals surface area (Å²) < 4.78 is 7.36. The molecule has 1 aromatic rings. The van der Waals surface area contributed by atoms with Crippen LogP contribution in [0, 0.1) is 12.8 Å². The second kappa shape index (κ2) is 4.87. The predicted molar refractivity (Wildman–Crippen MR) is 64.6 cm³/mol. The van der Waals surface area contributed by atoms with Gasteiger partial charge < -0.3 is 10.1 Å². The first-order valence-electron chi connectivity index (χ1n) is 6.05. The Morgan fingerprint density at radius 2 is 2.50 bits per heavy atom. The second-order valence-corrected chi connectivity index (χ2v) is 4.55. The van der Waals surface area contributed by atoms with Crippen molar-refractivity contribution < 1.29 is 4.74 Å². The molecule has 1 N–H and O–H groups in total. The van der Waals surface area contributed by atoms with Gasteiger partial charge in [-0.05, 0) is 19.8 Å². The highest BCUT2D eigenvalue weighted by Crippen LogP contribution is 2.23. The molecule has 2 heterocycles. The zero-order chi connectivity index (χ0) is 11.5. The Labute approximate surface area is 97.0 Å². The zero-order valence-corrected chi connectivity index (χ0v) is 10.4. The van der Waals surface area contributed by atoms with Gasteiger partial charge >= 0.3 is 0 Å². The van der Waals surface area contributed by atoms with Crippen LogP contribution >= 0.6 is 0 Å². The molecule has 0 bridgehead atoms. The van der Waals surface area contributed by atoms with Gasteiger partial charge in [0.25, 0.3) is 0 Å². The molecule has 0 spiro atoms. The Hall–Kier alpha value is -1.03. The number of nitrogens with zero attached hydrogens (tertiary/aromatic N) is 2. The summed E-state index contributed by atoms with van der Waals surface area (Å²) in [6.45, 7) is 6.12. The SMILES string of the molecule is CCC(Nc1cnn(C)c1C)C1CCOC1. The molecule has 1 fully saturated rings. The van der Waals surface area contributed by atoms with Crippen molar-refractivity contribution in [3.05, 3.63) is 11.9 Å². The van der Waals surface area contributed by atoms with E-state index < -0.39 is 0 Å². The van der Waals surface area contributed by atoms with Crippen LogP contribution in [0.4, 0.5) is 5.69 Å². The van der Waals surface area contributed by atoms with Crippen LogP contribution in [-0.4, -0.2) is 29.0 Å². The minimum atomic E-state index is 0.505. The molecule has 2 rings (SSSR count). The van der Waals surface area contributed by atoms with Gasteiger partial charge in [-0.2, -0.15) is 5.10 Å². The summed E-state index contributed by atoms with van der Waals surface area (Å²) in [5, 5.41) is 7.85. The number of hydrogen-bond donors (Lipinski definition) is 1. The summed E-state index contributed by atoms with van der Waals surface area (Å²) in [4.78, 5) is 0. The van der Waals surface area contributed by atoms with Gasteiger partial charge in [-0.25, -0.2) is 0 Å². The molecule has 1 aliphatic rings. The molecule has 16 heavy (non-hydrogen) atoms. The number of rotatable bonds is 4. The minimum absolute atomic E-state index is 0.505. The molecule has 2 atom stereocenters. The molecule has 2 unspecified atom stereocenters. The molecule has 1 aliphatic heterocycles. The number of ether oxygens (including phenoxy) is 1. The molecule has 0 saturated carbocycles. The average molecular weight is 223 g/mol. The topological polar surface area (TPSA) is 39.1 Å². The van der Waals surface area contributed by atoms with E-state index >= 15 is 0 Å². The monoisotopic (exact) mass is 223 g/mol. The molecular weight excluding hydrogens is 202 g/mol. The Morgan fingerprint density at radius 3 is 3.00 bits per heavy atom. The minimum Gasteiger partial charge on any atom is -0.381 e. The first-order valence-corrected chi connectivity index (χ1v) is 6.05. The third-order valence-corrected chi connectivity index (χ3v) is 3.55. The van der Waals surface area contributed by atoms with Crippen molar-refractivity contribution in [2.75, 3.05) is 18.5 Å². The normalized spacial score (nSPS) is 22.3. The lowest BCUT2D eigenvalue weighted by atomic mass is 9.96. The van der Waals surface area contributed by atoms with E-state index in [1.807, 2.05) is 17.9 Å². The summed E-state index contributed by atoms with van der Waals surface area (Å²) >= 11 is 0. The summed E-state index contributed by atoms with van der Waals surface area (Å²) in [6, 6.07) is 0.505. The summed E-state index contributed by atoms with van der Waals surface area (Å²) in [5.41, 5.74) is 2.35. The lowest BCUT2D eigenvalue weighted by Gasteiger charge is -2.23. The highest BCUT2D eigenvalue weighted by atomic mass is 16.5. The van der Waals surface area contributed by atoms with Gasteiger partial charge in [0.1, 0.15) is 0 Å². The van der Waals surface area contributed by atoms with Crippen LogP contribution < -0.4 is 5.32 Å². The van der Waals surface area contributed by atoms with Crippen molar-refractivity contribution in [3.63, 3.8) is 0 Å². The number of anilines is 1. The van der Waals surface area contributed by atoms with E-state index in [0.717, 1.165) is 25.3 Å². The van der Waals surface area contributed by atoms with Gasteiger partial charge in [-0.1, -0.05) is 6.92 Å². The number of nitrogens with one attached hydrogen (secondary N) is 1. The van der Waals surface area contributed by atoms with Gasteiger partial charge in [-0.15, -0.1) is 0 Å². The van der Waals surface area contributed by atoms with E-state index in [1.165, 1.54) is 12.1 Å². The van der Waals surface area contributed by atoms with Crippen LogP contribution in [0.5, 0.6) is 0 Å². The van der Waals surface area contributed by atoms with Gasteiger partial charge in [0.2, 0.25) is 0 Å². The smallest absolute Gasteiger partial charge is 0.0758 e. The first kappa shape index (κ1) is 11.5. The largest absolute Gasteiger partial charge is 0.381 e. The van der Waals surface area contributed by atoms with Crippen LogP contribution in [0.2, 0.25) is 0 Å². The predicted octanol–water partition coefficient (Wildman–Crippen LogP) is 1.96. The molecule has 0 aliphatic carbocycles. The molecule has 1 saturated heterocycles. The lowest BCUT2D eigenvalue weighted by molar-refractivity contribution is 0.182. The van der Waals surface area contributed by atoms with E-state index in [-0.39, 0.29) is 0 Å². The van der Waals surface area contributed by atoms with Gasteiger partial charge in [0.15, 0.2) is 0 Å². The maximum atomic E-state index is 5.45. The molecule has 4 heteroatoms. The summed E-state index contributed by atoms with van der Waals surface area (Å²) in [6.07, 6.45) is 4.21. The van der Waals surface area contributed by atoms with Crippen molar-refractivity contribution >= 4 is 5.69 Å². The van der Waals surface area contributed by atoms with Gasteiger partial charge in [0.05, 0.1) is 24.2 Å². The van der Waals surface area contributed by atoms with Gasteiger partial charge in [-0.3, -0.25) is 4.68 Å². The van der Waals surface area contributed by atoms with Crippen LogP contribution in [0.3, 0.4) is 0 Å². The fraction of sp³-hybridized carbons (Fsp3) is 0.750. The van der Waals surface area contributed by atoms with E-state index in [2.05, 4.69) is 24.3 Å². The first-order chi connectivity index (χ1) is 7.72. The highest BCUT2D eigenvalue weighted by Gasteiger charge is 2.24. The standard InChI is InChI=1S/C12H21N3O/c1-4-11(10-5-6-16-8-10)14-12-7-13-15(3)9(12)2/h7,10-11,14H,4-6,8H2,1-3H3. The van der Waals surface area contributed by atoms with Crippen LogP contribution in [-0.2, 0) is 11.8 Å². The second-order valence-electron chi connectivity index (χ2n) is 4.55. The highest BCUT2D eigenvalue weighted by molar-refractivity contribution is 5.46. The third-order valence-electron chi connectivity index (χ3n) is 3.55. The van der Waals surface area contributed by atoms with E-state index in [1.54, 1.807) is 0 Å². The Morgan fingerprint density at radius 1 is 1.69 bits per heavy atom. The van der Waals surface area contributed by atoms with Crippen LogP contribution in [0.1, 0.15) is 25.5 Å².